The molecule has 0 saturated heterocycles. The van der Waals surface area contributed by atoms with E-state index in [0.717, 1.165) is 11.3 Å². The van der Waals surface area contributed by atoms with Gasteiger partial charge in [0.2, 0.25) is 5.91 Å². The summed E-state index contributed by atoms with van der Waals surface area (Å²) >= 11 is 7.59. The van der Waals surface area contributed by atoms with Crippen molar-refractivity contribution in [2.75, 3.05) is 17.3 Å². The molecule has 0 fully saturated rings. The molecule has 0 spiro atoms. The molecule has 4 N–H and O–H groups in total. The van der Waals surface area contributed by atoms with Gasteiger partial charge in [0.1, 0.15) is 6.04 Å². The second kappa shape index (κ2) is 8.01. The number of primary amides is 1. The number of hydrogen-bond donors (Lipinski definition) is 3. The van der Waals surface area contributed by atoms with Gasteiger partial charge in [0.15, 0.2) is 0 Å². The minimum atomic E-state index is -0.715. The Bertz CT molecular complexity index is 497. The molecular formula is C13H18ClN3O2S. The lowest BCUT2D eigenvalue weighted by molar-refractivity contribution is -0.117. The predicted molar refractivity (Wildman–Crippen MR) is 84.3 cm³/mol. The number of carbonyl (C=O) groups excluding carboxylic acids is 2. The third-order valence-corrected chi connectivity index (χ3v) is 3.73. The lowest BCUT2D eigenvalue weighted by Crippen LogP contribution is -2.46. The maximum atomic E-state index is 12.1. The van der Waals surface area contributed by atoms with Crippen LogP contribution in [0, 0.1) is 6.92 Å². The fourth-order valence-corrected chi connectivity index (χ4v) is 2.23. The van der Waals surface area contributed by atoms with E-state index in [-0.39, 0.29) is 5.91 Å². The smallest absolute Gasteiger partial charge is 0.312 e. The summed E-state index contributed by atoms with van der Waals surface area (Å²) in [6.45, 7) is 1.88. The molecule has 0 aliphatic heterocycles. The number of anilines is 1. The van der Waals surface area contributed by atoms with Crippen molar-refractivity contribution >= 4 is 41.0 Å². The average molecular weight is 316 g/mol. The predicted octanol–water partition coefficient (Wildman–Crippen LogP) is 2.38. The van der Waals surface area contributed by atoms with Crippen LogP contribution in [0.2, 0.25) is 5.02 Å². The van der Waals surface area contributed by atoms with E-state index in [1.54, 1.807) is 23.9 Å². The van der Waals surface area contributed by atoms with Gasteiger partial charge >= 0.3 is 6.03 Å². The van der Waals surface area contributed by atoms with Crippen LogP contribution in [0.4, 0.5) is 10.5 Å². The van der Waals surface area contributed by atoms with Gasteiger partial charge in [0, 0.05) is 10.7 Å². The largest absolute Gasteiger partial charge is 0.352 e. The topological polar surface area (TPSA) is 84.2 Å². The van der Waals surface area contributed by atoms with Crippen LogP contribution in [0.3, 0.4) is 0 Å². The molecule has 0 radical (unpaired) electrons. The van der Waals surface area contributed by atoms with Crippen molar-refractivity contribution < 1.29 is 9.59 Å². The highest BCUT2D eigenvalue weighted by molar-refractivity contribution is 7.98. The van der Waals surface area contributed by atoms with E-state index in [9.17, 15) is 9.59 Å². The van der Waals surface area contributed by atoms with Gasteiger partial charge in [0.05, 0.1) is 0 Å². The highest BCUT2D eigenvalue weighted by Crippen LogP contribution is 2.20. The molecule has 0 bridgehead atoms. The second-order valence-electron chi connectivity index (χ2n) is 4.30. The summed E-state index contributed by atoms with van der Waals surface area (Å²) in [5.74, 6) is 0.435. The molecule has 0 aliphatic rings. The molecule has 3 amide bonds. The number of amides is 3. The fourth-order valence-electron chi connectivity index (χ4n) is 1.58. The van der Waals surface area contributed by atoms with Crippen molar-refractivity contribution in [2.45, 2.75) is 19.4 Å². The Balaban J connectivity index is 2.73. The van der Waals surface area contributed by atoms with Crippen molar-refractivity contribution in [1.82, 2.24) is 5.32 Å². The summed E-state index contributed by atoms with van der Waals surface area (Å²) in [6.07, 6.45) is 2.44. The molecule has 5 nitrogen and oxygen atoms in total. The van der Waals surface area contributed by atoms with Gasteiger partial charge in [-0.2, -0.15) is 11.8 Å². The third-order valence-electron chi connectivity index (χ3n) is 2.68. The summed E-state index contributed by atoms with van der Waals surface area (Å²) in [5.41, 5.74) is 6.60. The Morgan fingerprint density at radius 1 is 1.45 bits per heavy atom. The van der Waals surface area contributed by atoms with E-state index in [2.05, 4.69) is 10.6 Å². The number of halogens is 1. The summed E-state index contributed by atoms with van der Waals surface area (Å²) in [4.78, 5) is 23.0. The van der Waals surface area contributed by atoms with Crippen LogP contribution in [0.1, 0.15) is 12.0 Å². The molecule has 1 atom stereocenters. The Kier molecular flexibility index (Phi) is 6.67. The average Bonchev–Trinajstić information content (AvgIpc) is 2.38. The minimum Gasteiger partial charge on any atom is -0.352 e. The molecule has 0 saturated carbocycles. The number of carbonyl (C=O) groups is 2. The normalized spacial score (nSPS) is 11.8. The van der Waals surface area contributed by atoms with Crippen LogP contribution in [0.15, 0.2) is 18.2 Å². The van der Waals surface area contributed by atoms with Gasteiger partial charge in [-0.05, 0) is 43.0 Å². The van der Waals surface area contributed by atoms with Crippen molar-refractivity contribution in [2.24, 2.45) is 5.73 Å². The first-order valence-electron chi connectivity index (χ1n) is 6.06. The SMILES string of the molecule is CSCC[C@H](NC(N)=O)C(=O)Nc1ccc(C)c(Cl)c1. The number of nitrogens with two attached hydrogens (primary N) is 1. The Hall–Kier alpha value is -1.40. The lowest BCUT2D eigenvalue weighted by atomic mass is 10.2. The molecule has 1 aromatic rings. The molecular weight excluding hydrogens is 298 g/mol. The first kappa shape index (κ1) is 16.7. The van der Waals surface area contributed by atoms with Crippen LogP contribution in [0.25, 0.3) is 0 Å². The van der Waals surface area contributed by atoms with Gasteiger partial charge in [-0.15, -0.1) is 0 Å². The molecule has 1 rings (SSSR count). The molecule has 0 aromatic heterocycles. The number of benzene rings is 1. The first-order valence-corrected chi connectivity index (χ1v) is 7.83. The fraction of sp³-hybridized carbons (Fsp3) is 0.385. The third kappa shape index (κ3) is 5.30. The second-order valence-corrected chi connectivity index (χ2v) is 5.69. The summed E-state index contributed by atoms with van der Waals surface area (Å²) in [6, 6.07) is 3.88. The summed E-state index contributed by atoms with van der Waals surface area (Å²) in [5, 5.41) is 5.74. The standard InChI is InChI=1S/C13H18ClN3O2S/c1-8-3-4-9(7-10(8)14)16-12(18)11(5-6-20-2)17-13(15)19/h3-4,7,11H,5-6H2,1-2H3,(H,16,18)(H3,15,17,19)/t11-/m0/s1. The van der Waals surface area contributed by atoms with E-state index < -0.39 is 12.1 Å². The number of hydrogen-bond acceptors (Lipinski definition) is 3. The molecule has 1 aromatic carbocycles. The van der Waals surface area contributed by atoms with Gasteiger partial charge < -0.3 is 16.4 Å². The highest BCUT2D eigenvalue weighted by atomic mass is 35.5. The van der Waals surface area contributed by atoms with Crippen LogP contribution >= 0.6 is 23.4 Å². The Morgan fingerprint density at radius 3 is 2.70 bits per heavy atom. The van der Waals surface area contributed by atoms with E-state index >= 15 is 0 Å². The zero-order valence-electron chi connectivity index (χ0n) is 11.4. The van der Waals surface area contributed by atoms with Crippen molar-refractivity contribution in [3.05, 3.63) is 28.8 Å². The monoisotopic (exact) mass is 315 g/mol. The number of aryl methyl sites for hydroxylation is 1. The van der Waals surface area contributed by atoms with Gasteiger partial charge in [-0.3, -0.25) is 4.79 Å². The van der Waals surface area contributed by atoms with Gasteiger partial charge in [-0.1, -0.05) is 17.7 Å². The van der Waals surface area contributed by atoms with E-state index in [1.807, 2.05) is 19.2 Å². The molecule has 7 heteroatoms. The quantitative estimate of drug-likeness (QED) is 0.753. The maximum absolute atomic E-state index is 12.1. The summed E-state index contributed by atoms with van der Waals surface area (Å²) < 4.78 is 0. The zero-order chi connectivity index (χ0) is 15.1. The zero-order valence-corrected chi connectivity index (χ0v) is 13.0. The van der Waals surface area contributed by atoms with E-state index in [0.29, 0.717) is 17.1 Å². The number of rotatable bonds is 6. The molecule has 0 aliphatic carbocycles. The highest BCUT2D eigenvalue weighted by Gasteiger charge is 2.19. The van der Waals surface area contributed by atoms with Gasteiger partial charge in [-0.25, -0.2) is 4.79 Å². The lowest BCUT2D eigenvalue weighted by Gasteiger charge is -2.17. The number of thioether (sulfide) groups is 1. The molecule has 110 valence electrons. The van der Waals surface area contributed by atoms with Crippen molar-refractivity contribution in [3.63, 3.8) is 0 Å². The van der Waals surface area contributed by atoms with Crippen LogP contribution in [-0.4, -0.2) is 30.0 Å². The Labute approximate surface area is 127 Å². The van der Waals surface area contributed by atoms with E-state index in [1.165, 1.54) is 0 Å². The Morgan fingerprint density at radius 2 is 2.15 bits per heavy atom. The first-order chi connectivity index (χ1) is 9.43. The molecule has 20 heavy (non-hydrogen) atoms. The minimum absolute atomic E-state index is 0.308. The molecule has 0 unspecified atom stereocenters. The summed E-state index contributed by atoms with van der Waals surface area (Å²) in [7, 11) is 0. The van der Waals surface area contributed by atoms with Crippen LogP contribution < -0.4 is 16.4 Å². The van der Waals surface area contributed by atoms with Crippen molar-refractivity contribution in [1.29, 1.82) is 0 Å². The van der Waals surface area contributed by atoms with Crippen molar-refractivity contribution in [3.8, 4) is 0 Å². The molecule has 0 heterocycles. The van der Waals surface area contributed by atoms with Gasteiger partial charge in [0.25, 0.3) is 0 Å². The van der Waals surface area contributed by atoms with Crippen LogP contribution in [0.5, 0.6) is 0 Å². The van der Waals surface area contributed by atoms with E-state index in [4.69, 9.17) is 17.3 Å². The number of nitrogens with one attached hydrogen (secondary N) is 2. The number of urea groups is 1. The maximum Gasteiger partial charge on any atom is 0.312 e. The van der Waals surface area contributed by atoms with Crippen LogP contribution in [-0.2, 0) is 4.79 Å².